The molecule has 0 bridgehead atoms. The molecule has 3 rings (SSSR count). The maximum absolute atomic E-state index is 12.4. The van der Waals surface area contributed by atoms with Crippen molar-refractivity contribution in [2.75, 3.05) is 41.5 Å². The number of nitrogens with one attached hydrogen (secondary N) is 1. The zero-order valence-corrected chi connectivity index (χ0v) is 19.8. The molecule has 0 aliphatic heterocycles. The number of hydrogen-bond donors (Lipinski definition) is 1. The molecule has 0 spiro atoms. The van der Waals surface area contributed by atoms with Gasteiger partial charge in [-0.15, -0.1) is 0 Å². The van der Waals surface area contributed by atoms with E-state index in [0.29, 0.717) is 24.5 Å². The van der Waals surface area contributed by atoms with Crippen LogP contribution in [0, 0.1) is 0 Å². The van der Waals surface area contributed by atoms with Crippen molar-refractivity contribution >= 4 is 5.91 Å². The summed E-state index contributed by atoms with van der Waals surface area (Å²) in [4.78, 5) is 14.4. The first-order valence-corrected chi connectivity index (χ1v) is 10.9. The molecule has 0 aliphatic rings. The monoisotopic (exact) mass is 448 g/mol. The average molecular weight is 449 g/mol. The van der Waals surface area contributed by atoms with Gasteiger partial charge in [-0.25, -0.2) is 0 Å². The number of rotatable bonds is 11. The lowest BCUT2D eigenvalue weighted by Gasteiger charge is -2.16. The van der Waals surface area contributed by atoms with Crippen molar-refractivity contribution in [1.82, 2.24) is 10.2 Å². The van der Waals surface area contributed by atoms with E-state index in [4.69, 9.17) is 14.2 Å². The molecule has 6 nitrogen and oxygen atoms in total. The Morgan fingerprint density at radius 1 is 0.848 bits per heavy atom. The van der Waals surface area contributed by atoms with E-state index in [1.165, 1.54) is 0 Å². The minimum atomic E-state index is -0.154. The lowest BCUT2D eigenvalue weighted by atomic mass is 10.0. The quantitative estimate of drug-likeness (QED) is 0.477. The molecule has 6 heteroatoms. The first kappa shape index (κ1) is 24.1. The van der Waals surface area contributed by atoms with Crippen LogP contribution in [0.1, 0.15) is 11.1 Å². The van der Waals surface area contributed by atoms with Gasteiger partial charge in [-0.3, -0.25) is 4.79 Å². The Kier molecular flexibility index (Phi) is 8.72. The summed E-state index contributed by atoms with van der Waals surface area (Å²) in [6.45, 7) is 1.20. The molecule has 0 atom stereocenters. The second-order valence-corrected chi connectivity index (χ2v) is 8.00. The van der Waals surface area contributed by atoms with Crippen LogP contribution in [0.4, 0.5) is 0 Å². The largest absolute Gasteiger partial charge is 0.493 e. The number of ether oxygens (including phenoxy) is 3. The molecule has 0 radical (unpaired) electrons. The Balaban J connectivity index is 1.56. The average Bonchev–Trinajstić information content (AvgIpc) is 2.83. The summed E-state index contributed by atoms with van der Waals surface area (Å²) in [6, 6.07) is 22.1. The third-order valence-corrected chi connectivity index (χ3v) is 5.20. The van der Waals surface area contributed by atoms with E-state index in [1.807, 2.05) is 62.6 Å². The number of carbonyl (C=O) groups is 1. The second kappa shape index (κ2) is 11.9. The maximum Gasteiger partial charge on any atom is 0.257 e. The van der Waals surface area contributed by atoms with Crippen molar-refractivity contribution < 1.29 is 19.0 Å². The number of amides is 1. The Hall–Kier alpha value is -3.51. The highest BCUT2D eigenvalue weighted by molar-refractivity contribution is 5.77. The van der Waals surface area contributed by atoms with E-state index in [1.54, 1.807) is 14.2 Å². The number of carbonyl (C=O) groups excluding carboxylic acids is 1. The van der Waals surface area contributed by atoms with E-state index in [-0.39, 0.29) is 12.5 Å². The van der Waals surface area contributed by atoms with Crippen molar-refractivity contribution in [2.45, 2.75) is 13.0 Å². The third kappa shape index (κ3) is 6.99. The fourth-order valence-electron chi connectivity index (χ4n) is 3.57. The highest BCUT2D eigenvalue weighted by Gasteiger charge is 2.11. The first-order chi connectivity index (χ1) is 16.0. The zero-order valence-electron chi connectivity index (χ0n) is 19.8. The van der Waals surface area contributed by atoms with Gasteiger partial charge in [0.15, 0.2) is 18.1 Å². The topological polar surface area (TPSA) is 60.0 Å². The van der Waals surface area contributed by atoms with Gasteiger partial charge in [0.25, 0.3) is 5.91 Å². The van der Waals surface area contributed by atoms with Gasteiger partial charge < -0.3 is 24.4 Å². The standard InChI is InChI=1S/C27H32N2O4/c1-29(2)18-23-17-22(21-8-6-5-7-9-21)11-13-24(23)33-19-27(30)28-15-14-20-10-12-25(31-3)26(16-20)32-4/h5-13,16-17H,14-15,18-19H2,1-4H3,(H,28,30). The summed E-state index contributed by atoms with van der Waals surface area (Å²) >= 11 is 0. The molecule has 3 aromatic carbocycles. The molecule has 0 fully saturated rings. The van der Waals surface area contributed by atoms with Crippen LogP contribution in [0.2, 0.25) is 0 Å². The van der Waals surface area contributed by atoms with Gasteiger partial charge in [-0.2, -0.15) is 0 Å². The molecule has 0 unspecified atom stereocenters. The van der Waals surface area contributed by atoms with E-state index < -0.39 is 0 Å². The van der Waals surface area contributed by atoms with Gasteiger partial charge >= 0.3 is 0 Å². The van der Waals surface area contributed by atoms with Crippen LogP contribution in [0.3, 0.4) is 0 Å². The van der Waals surface area contributed by atoms with Crippen molar-refractivity contribution in [3.63, 3.8) is 0 Å². The molecule has 0 saturated heterocycles. The smallest absolute Gasteiger partial charge is 0.257 e. The molecular weight excluding hydrogens is 416 g/mol. The highest BCUT2D eigenvalue weighted by atomic mass is 16.5. The second-order valence-electron chi connectivity index (χ2n) is 8.00. The maximum atomic E-state index is 12.4. The molecule has 0 heterocycles. The van der Waals surface area contributed by atoms with Crippen molar-refractivity contribution in [3.8, 4) is 28.4 Å². The molecule has 1 N–H and O–H groups in total. The highest BCUT2D eigenvalue weighted by Crippen LogP contribution is 2.28. The normalized spacial score (nSPS) is 10.7. The SMILES string of the molecule is COc1ccc(CCNC(=O)COc2ccc(-c3ccccc3)cc2CN(C)C)cc1OC. The van der Waals surface area contributed by atoms with Crippen molar-refractivity contribution in [3.05, 3.63) is 77.9 Å². The van der Waals surface area contributed by atoms with E-state index >= 15 is 0 Å². The summed E-state index contributed by atoms with van der Waals surface area (Å²) in [6.07, 6.45) is 0.684. The summed E-state index contributed by atoms with van der Waals surface area (Å²) in [5.74, 6) is 1.93. The summed E-state index contributed by atoms with van der Waals surface area (Å²) in [5.41, 5.74) is 4.37. The van der Waals surface area contributed by atoms with Gasteiger partial charge in [0.05, 0.1) is 14.2 Å². The molecule has 0 aliphatic carbocycles. The lowest BCUT2D eigenvalue weighted by molar-refractivity contribution is -0.123. The predicted octanol–water partition coefficient (Wildman–Crippen LogP) is 4.17. The molecule has 0 saturated carbocycles. The fraction of sp³-hybridized carbons (Fsp3) is 0.296. The van der Waals surface area contributed by atoms with Crippen LogP contribution < -0.4 is 19.5 Å². The minimum Gasteiger partial charge on any atom is -0.493 e. The Morgan fingerprint density at radius 3 is 2.27 bits per heavy atom. The predicted molar refractivity (Wildman–Crippen MR) is 131 cm³/mol. The number of methoxy groups -OCH3 is 2. The van der Waals surface area contributed by atoms with E-state index in [9.17, 15) is 4.79 Å². The molecule has 174 valence electrons. The third-order valence-electron chi connectivity index (χ3n) is 5.20. The van der Waals surface area contributed by atoms with Crippen molar-refractivity contribution in [1.29, 1.82) is 0 Å². The van der Waals surface area contributed by atoms with Crippen LogP contribution in [0.5, 0.6) is 17.2 Å². The molecular formula is C27H32N2O4. The van der Waals surface area contributed by atoms with Crippen LogP contribution in [0.15, 0.2) is 66.7 Å². The van der Waals surface area contributed by atoms with Gasteiger partial charge in [-0.05, 0) is 61.5 Å². The zero-order chi connectivity index (χ0) is 23.6. The molecule has 1 amide bonds. The van der Waals surface area contributed by atoms with Crippen LogP contribution in [0.25, 0.3) is 11.1 Å². The van der Waals surface area contributed by atoms with E-state index in [0.717, 1.165) is 34.5 Å². The minimum absolute atomic E-state index is 0.0307. The fourth-order valence-corrected chi connectivity index (χ4v) is 3.57. The van der Waals surface area contributed by atoms with Gasteiger partial charge in [0.1, 0.15) is 5.75 Å². The van der Waals surface area contributed by atoms with Crippen molar-refractivity contribution in [2.24, 2.45) is 0 Å². The summed E-state index contributed by atoms with van der Waals surface area (Å²) in [5, 5.41) is 2.92. The number of hydrogen-bond acceptors (Lipinski definition) is 5. The Morgan fingerprint density at radius 2 is 1.58 bits per heavy atom. The molecule has 33 heavy (non-hydrogen) atoms. The number of benzene rings is 3. The van der Waals surface area contributed by atoms with Gasteiger partial charge in [0.2, 0.25) is 0 Å². The van der Waals surface area contributed by atoms with Gasteiger partial charge in [0, 0.05) is 18.7 Å². The summed E-state index contributed by atoms with van der Waals surface area (Å²) in [7, 11) is 7.24. The van der Waals surface area contributed by atoms with Crippen LogP contribution in [-0.2, 0) is 17.8 Å². The first-order valence-electron chi connectivity index (χ1n) is 10.9. The summed E-state index contributed by atoms with van der Waals surface area (Å²) < 4.78 is 16.5. The Bertz CT molecular complexity index is 1050. The Labute approximate surface area is 196 Å². The van der Waals surface area contributed by atoms with Crippen LogP contribution >= 0.6 is 0 Å². The van der Waals surface area contributed by atoms with E-state index in [2.05, 4.69) is 28.4 Å². The van der Waals surface area contributed by atoms with Gasteiger partial charge in [-0.1, -0.05) is 42.5 Å². The lowest BCUT2D eigenvalue weighted by Crippen LogP contribution is -2.30. The molecule has 0 aromatic heterocycles. The van der Waals surface area contributed by atoms with Crippen LogP contribution in [-0.4, -0.2) is 52.3 Å². The molecule has 3 aromatic rings. The number of nitrogens with zero attached hydrogens (tertiary/aromatic N) is 1.